The van der Waals surface area contributed by atoms with Gasteiger partial charge in [0, 0.05) is 5.56 Å². The lowest BCUT2D eigenvalue weighted by Gasteiger charge is -2.19. The fourth-order valence-corrected chi connectivity index (χ4v) is 3.35. The van der Waals surface area contributed by atoms with Crippen molar-refractivity contribution in [3.63, 3.8) is 0 Å². The Morgan fingerprint density at radius 2 is 1.15 bits per heavy atom. The first-order valence-electron chi connectivity index (χ1n) is 10.5. The summed E-state index contributed by atoms with van der Waals surface area (Å²) in [6, 6.07) is 27.6. The van der Waals surface area contributed by atoms with Crippen molar-refractivity contribution in [2.24, 2.45) is 0 Å². The van der Waals surface area contributed by atoms with Gasteiger partial charge in [0.05, 0.1) is 5.92 Å². The standard InChI is InChI=1S/C25H23N7O2/c26-21-22(29-31-24(33)19-14-8-3-9-15-19)27-16-28-23(21)30-32-25(34)20(17-10-4-1-5-11-17)18-12-6-2-7-13-18/h1-16,20H,26H2,(H,31,33)(H,32,34)(H2,27,28,29,30). The first-order valence-corrected chi connectivity index (χ1v) is 10.5. The summed E-state index contributed by atoms with van der Waals surface area (Å²) < 4.78 is 0. The van der Waals surface area contributed by atoms with Crippen LogP contribution in [0.25, 0.3) is 0 Å². The van der Waals surface area contributed by atoms with Crippen LogP contribution < -0.4 is 27.4 Å². The topological polar surface area (TPSA) is 134 Å². The summed E-state index contributed by atoms with van der Waals surface area (Å²) >= 11 is 0. The van der Waals surface area contributed by atoms with E-state index in [0.29, 0.717) is 5.56 Å². The Labute approximate surface area is 196 Å². The number of nitrogens with two attached hydrogens (primary N) is 1. The summed E-state index contributed by atoms with van der Waals surface area (Å²) in [6.07, 6.45) is 1.26. The minimum Gasteiger partial charge on any atom is -0.393 e. The molecule has 34 heavy (non-hydrogen) atoms. The predicted molar refractivity (Wildman–Crippen MR) is 130 cm³/mol. The van der Waals surface area contributed by atoms with Crippen LogP contribution in [-0.4, -0.2) is 21.8 Å². The van der Waals surface area contributed by atoms with Crippen LogP contribution in [0.1, 0.15) is 27.4 Å². The molecule has 0 aliphatic carbocycles. The molecule has 9 heteroatoms. The zero-order valence-corrected chi connectivity index (χ0v) is 18.1. The van der Waals surface area contributed by atoms with Gasteiger partial charge in [-0.1, -0.05) is 78.9 Å². The Hall–Kier alpha value is -4.92. The third kappa shape index (κ3) is 5.28. The molecule has 0 radical (unpaired) electrons. The van der Waals surface area contributed by atoms with Crippen LogP contribution in [0.3, 0.4) is 0 Å². The number of hydrogen-bond donors (Lipinski definition) is 5. The Kier molecular flexibility index (Phi) is 6.94. The Morgan fingerprint density at radius 1 is 0.676 bits per heavy atom. The third-order valence-electron chi connectivity index (χ3n) is 5.05. The molecular weight excluding hydrogens is 430 g/mol. The van der Waals surface area contributed by atoms with E-state index in [4.69, 9.17) is 5.73 Å². The zero-order valence-electron chi connectivity index (χ0n) is 18.1. The number of nitrogens with one attached hydrogen (secondary N) is 4. The molecule has 0 atom stereocenters. The summed E-state index contributed by atoms with van der Waals surface area (Å²) in [5, 5.41) is 0. The van der Waals surface area contributed by atoms with Gasteiger partial charge < -0.3 is 5.73 Å². The van der Waals surface area contributed by atoms with E-state index < -0.39 is 5.92 Å². The van der Waals surface area contributed by atoms with Gasteiger partial charge in [-0.3, -0.25) is 31.3 Å². The molecule has 170 valence electrons. The first kappa shape index (κ1) is 22.3. The van der Waals surface area contributed by atoms with Crippen molar-refractivity contribution in [2.75, 3.05) is 16.6 Å². The minimum absolute atomic E-state index is 0.118. The van der Waals surface area contributed by atoms with Crippen molar-refractivity contribution in [1.82, 2.24) is 20.8 Å². The van der Waals surface area contributed by atoms with Gasteiger partial charge in [-0.15, -0.1) is 0 Å². The molecule has 6 N–H and O–H groups in total. The smallest absolute Gasteiger partial charge is 0.269 e. The maximum atomic E-state index is 13.2. The first-order chi connectivity index (χ1) is 16.6. The zero-order chi connectivity index (χ0) is 23.8. The van der Waals surface area contributed by atoms with Gasteiger partial charge in [0.2, 0.25) is 5.91 Å². The van der Waals surface area contributed by atoms with Crippen molar-refractivity contribution in [2.45, 2.75) is 5.92 Å². The van der Waals surface area contributed by atoms with Crippen LogP contribution in [0.2, 0.25) is 0 Å². The average Bonchev–Trinajstić information content (AvgIpc) is 2.89. The molecule has 0 saturated heterocycles. The lowest BCUT2D eigenvalue weighted by Crippen LogP contribution is -2.35. The lowest BCUT2D eigenvalue weighted by atomic mass is 9.91. The summed E-state index contributed by atoms with van der Waals surface area (Å²) in [5.74, 6) is -0.823. The molecule has 0 spiro atoms. The van der Waals surface area contributed by atoms with Gasteiger partial charge in [0.1, 0.15) is 12.0 Å². The summed E-state index contributed by atoms with van der Waals surface area (Å²) in [5.41, 5.74) is 19.1. The minimum atomic E-state index is -0.541. The summed E-state index contributed by atoms with van der Waals surface area (Å²) in [7, 11) is 0. The molecule has 1 heterocycles. The molecule has 3 aromatic carbocycles. The molecule has 0 unspecified atom stereocenters. The number of hydrazine groups is 2. The van der Waals surface area contributed by atoms with Crippen molar-refractivity contribution >= 4 is 29.1 Å². The van der Waals surface area contributed by atoms with Gasteiger partial charge in [-0.25, -0.2) is 9.97 Å². The number of rotatable bonds is 8. The fourth-order valence-electron chi connectivity index (χ4n) is 3.35. The molecule has 2 amide bonds. The van der Waals surface area contributed by atoms with Crippen molar-refractivity contribution in [3.8, 4) is 0 Å². The maximum absolute atomic E-state index is 13.2. The van der Waals surface area contributed by atoms with E-state index in [1.54, 1.807) is 24.3 Å². The van der Waals surface area contributed by atoms with Gasteiger partial charge >= 0.3 is 0 Å². The quantitative estimate of drug-likeness (QED) is 0.259. The number of benzene rings is 3. The van der Waals surface area contributed by atoms with E-state index in [1.807, 2.05) is 66.7 Å². The fraction of sp³-hybridized carbons (Fsp3) is 0.0400. The maximum Gasteiger partial charge on any atom is 0.269 e. The van der Waals surface area contributed by atoms with Gasteiger partial charge in [-0.2, -0.15) is 0 Å². The molecular formula is C25H23N7O2. The molecule has 4 aromatic rings. The molecule has 0 aliphatic rings. The van der Waals surface area contributed by atoms with Crippen LogP contribution in [0, 0.1) is 0 Å². The highest BCUT2D eigenvalue weighted by Gasteiger charge is 2.23. The molecule has 0 aliphatic heterocycles. The van der Waals surface area contributed by atoms with Crippen molar-refractivity contribution in [1.29, 1.82) is 0 Å². The second-order valence-corrected chi connectivity index (χ2v) is 7.30. The van der Waals surface area contributed by atoms with Gasteiger partial charge in [0.15, 0.2) is 11.6 Å². The molecule has 0 fully saturated rings. The van der Waals surface area contributed by atoms with E-state index in [2.05, 4.69) is 31.7 Å². The van der Waals surface area contributed by atoms with Crippen molar-refractivity contribution in [3.05, 3.63) is 114 Å². The largest absolute Gasteiger partial charge is 0.393 e. The Morgan fingerprint density at radius 3 is 1.68 bits per heavy atom. The third-order valence-corrected chi connectivity index (χ3v) is 5.05. The Bertz CT molecular complexity index is 1210. The van der Waals surface area contributed by atoms with Crippen LogP contribution >= 0.6 is 0 Å². The number of hydrogen-bond acceptors (Lipinski definition) is 7. The number of carbonyl (C=O) groups excluding carboxylic acids is 2. The van der Waals surface area contributed by atoms with E-state index >= 15 is 0 Å². The highest BCUT2D eigenvalue weighted by Crippen LogP contribution is 2.25. The number of nitrogens with zero attached hydrogens (tertiary/aromatic N) is 2. The molecule has 1 aromatic heterocycles. The van der Waals surface area contributed by atoms with E-state index in [0.717, 1.165) is 11.1 Å². The van der Waals surface area contributed by atoms with Crippen LogP contribution in [0.5, 0.6) is 0 Å². The van der Waals surface area contributed by atoms with Crippen molar-refractivity contribution < 1.29 is 9.59 Å². The molecule has 9 nitrogen and oxygen atoms in total. The van der Waals surface area contributed by atoms with Crippen LogP contribution in [-0.2, 0) is 4.79 Å². The highest BCUT2D eigenvalue weighted by atomic mass is 16.2. The predicted octanol–water partition coefficient (Wildman–Crippen LogP) is 3.09. The van der Waals surface area contributed by atoms with E-state index in [-0.39, 0.29) is 29.1 Å². The highest BCUT2D eigenvalue weighted by molar-refractivity contribution is 5.95. The van der Waals surface area contributed by atoms with Crippen LogP contribution in [0.4, 0.5) is 17.3 Å². The SMILES string of the molecule is Nc1c(NNC(=O)c2ccccc2)ncnc1NNC(=O)C(c1ccccc1)c1ccccc1. The molecule has 0 saturated carbocycles. The van der Waals surface area contributed by atoms with Gasteiger partial charge in [0.25, 0.3) is 5.91 Å². The monoisotopic (exact) mass is 453 g/mol. The summed E-state index contributed by atoms with van der Waals surface area (Å²) in [6.45, 7) is 0. The summed E-state index contributed by atoms with van der Waals surface area (Å²) in [4.78, 5) is 33.5. The Balaban J connectivity index is 1.45. The van der Waals surface area contributed by atoms with E-state index in [1.165, 1.54) is 6.33 Å². The van der Waals surface area contributed by atoms with E-state index in [9.17, 15) is 9.59 Å². The lowest BCUT2D eigenvalue weighted by molar-refractivity contribution is -0.121. The second-order valence-electron chi connectivity index (χ2n) is 7.30. The number of aromatic nitrogens is 2. The number of nitrogen functional groups attached to an aromatic ring is 1. The van der Waals surface area contributed by atoms with Gasteiger partial charge in [-0.05, 0) is 23.3 Å². The second kappa shape index (κ2) is 10.6. The number of carbonyl (C=O) groups is 2. The average molecular weight is 454 g/mol. The number of anilines is 3. The molecule has 4 rings (SSSR count). The number of amides is 2. The van der Waals surface area contributed by atoms with Crippen LogP contribution in [0.15, 0.2) is 97.3 Å². The normalized spacial score (nSPS) is 10.4. The molecule has 0 bridgehead atoms.